The van der Waals surface area contributed by atoms with Gasteiger partial charge in [0.05, 0.1) is 12.7 Å². The summed E-state index contributed by atoms with van der Waals surface area (Å²) in [5.74, 6) is 1.15. The lowest BCUT2D eigenvalue weighted by atomic mass is 10.1. The number of amides is 3. The van der Waals surface area contributed by atoms with Gasteiger partial charge in [-0.3, -0.25) is 15.0 Å². The number of rotatable bonds is 3. The van der Waals surface area contributed by atoms with Crippen LogP contribution in [0.3, 0.4) is 0 Å². The maximum Gasteiger partial charge on any atom is 0.326 e. The van der Waals surface area contributed by atoms with Crippen molar-refractivity contribution in [1.82, 2.24) is 10.2 Å². The van der Waals surface area contributed by atoms with Gasteiger partial charge in [0.25, 0.3) is 0 Å². The number of aliphatic hydroxyl groups excluding tert-OH is 1. The SMILES string of the molecule is C#CC1CN(C2CC(O)C(COI)O2)C(=O)NC1=O. The standard InChI is InChI=1S/C11H13IN2O5/c1-2-6-4-14(11(17)13-10(6)16)9-3-7(15)8(19-9)5-18-12/h1,6-9,15H,3-5H2,(H,13,16,17). The highest BCUT2D eigenvalue weighted by atomic mass is 127. The quantitative estimate of drug-likeness (QED) is 0.516. The first-order valence-corrected chi connectivity index (χ1v) is 6.59. The molecule has 0 bridgehead atoms. The fourth-order valence-corrected chi connectivity index (χ4v) is 2.48. The molecular formula is C11H13IN2O5. The number of urea groups is 1. The molecule has 0 aromatic carbocycles. The van der Waals surface area contributed by atoms with E-state index in [1.807, 2.05) is 0 Å². The van der Waals surface area contributed by atoms with Crippen LogP contribution in [0.4, 0.5) is 4.79 Å². The number of terminal acetylenes is 1. The van der Waals surface area contributed by atoms with Crippen LogP contribution in [0.15, 0.2) is 0 Å². The third-order valence-corrected chi connectivity index (χ3v) is 3.53. The number of nitrogens with one attached hydrogen (secondary N) is 1. The van der Waals surface area contributed by atoms with Crippen LogP contribution >= 0.6 is 23.0 Å². The van der Waals surface area contributed by atoms with E-state index in [1.165, 1.54) is 4.90 Å². The van der Waals surface area contributed by atoms with Gasteiger partial charge < -0.3 is 12.9 Å². The van der Waals surface area contributed by atoms with Crippen molar-refractivity contribution in [3.63, 3.8) is 0 Å². The van der Waals surface area contributed by atoms with E-state index in [-0.39, 0.29) is 19.6 Å². The van der Waals surface area contributed by atoms with Crippen LogP contribution in [0.5, 0.6) is 0 Å². The summed E-state index contributed by atoms with van der Waals surface area (Å²) >= 11 is 1.71. The summed E-state index contributed by atoms with van der Waals surface area (Å²) in [4.78, 5) is 24.5. The summed E-state index contributed by atoms with van der Waals surface area (Å²) in [5, 5.41) is 12.0. The van der Waals surface area contributed by atoms with E-state index in [9.17, 15) is 14.7 Å². The van der Waals surface area contributed by atoms with Gasteiger partial charge in [0, 0.05) is 13.0 Å². The van der Waals surface area contributed by atoms with Gasteiger partial charge in [0.15, 0.2) is 0 Å². The van der Waals surface area contributed by atoms with Crippen molar-refractivity contribution in [3.05, 3.63) is 0 Å². The van der Waals surface area contributed by atoms with Crippen LogP contribution in [0.25, 0.3) is 0 Å². The van der Waals surface area contributed by atoms with Crippen molar-refractivity contribution in [1.29, 1.82) is 0 Å². The van der Waals surface area contributed by atoms with Gasteiger partial charge in [-0.05, 0) is 0 Å². The van der Waals surface area contributed by atoms with Crippen molar-refractivity contribution in [2.24, 2.45) is 5.92 Å². The molecule has 2 fully saturated rings. The largest absolute Gasteiger partial charge is 0.390 e. The Labute approximate surface area is 124 Å². The molecule has 0 aromatic rings. The number of carbonyl (C=O) groups excluding carboxylic acids is 2. The molecule has 4 atom stereocenters. The highest BCUT2D eigenvalue weighted by molar-refractivity contribution is 14.1. The van der Waals surface area contributed by atoms with Crippen molar-refractivity contribution < 1.29 is 22.5 Å². The van der Waals surface area contributed by atoms with Gasteiger partial charge in [-0.2, -0.15) is 0 Å². The Morgan fingerprint density at radius 2 is 2.37 bits per heavy atom. The lowest BCUT2D eigenvalue weighted by Crippen LogP contribution is -2.57. The molecule has 4 unspecified atom stereocenters. The minimum atomic E-state index is -0.713. The van der Waals surface area contributed by atoms with Gasteiger partial charge in [-0.15, -0.1) is 6.42 Å². The number of nitrogens with zero attached hydrogens (tertiary/aromatic N) is 1. The molecule has 8 heteroatoms. The number of hydrogen-bond acceptors (Lipinski definition) is 5. The molecule has 0 aliphatic carbocycles. The molecular weight excluding hydrogens is 367 g/mol. The third-order valence-electron chi connectivity index (χ3n) is 3.17. The summed E-state index contributed by atoms with van der Waals surface area (Å²) in [6.07, 6.45) is 3.71. The normalized spacial score (nSPS) is 35.1. The van der Waals surface area contributed by atoms with E-state index >= 15 is 0 Å². The number of imide groups is 1. The minimum absolute atomic E-state index is 0.0936. The second kappa shape index (κ2) is 6.04. The highest BCUT2D eigenvalue weighted by Crippen LogP contribution is 2.26. The molecule has 2 N–H and O–H groups in total. The summed E-state index contributed by atoms with van der Waals surface area (Å²) in [5.41, 5.74) is 0. The van der Waals surface area contributed by atoms with E-state index in [4.69, 9.17) is 14.2 Å². The number of ether oxygens (including phenoxy) is 1. The molecule has 2 saturated heterocycles. The lowest BCUT2D eigenvalue weighted by molar-refractivity contribution is -0.126. The Kier molecular flexibility index (Phi) is 4.62. The molecule has 7 nitrogen and oxygen atoms in total. The maximum atomic E-state index is 11.8. The molecule has 0 spiro atoms. The van der Waals surface area contributed by atoms with Crippen molar-refractivity contribution >= 4 is 34.9 Å². The number of aliphatic hydroxyl groups is 1. The first kappa shape index (κ1) is 14.5. The van der Waals surface area contributed by atoms with Crippen molar-refractivity contribution in [2.45, 2.75) is 24.9 Å². The smallest absolute Gasteiger partial charge is 0.326 e. The fourth-order valence-electron chi connectivity index (χ4n) is 2.12. The fraction of sp³-hybridized carbons (Fsp3) is 0.636. The molecule has 19 heavy (non-hydrogen) atoms. The van der Waals surface area contributed by atoms with Gasteiger partial charge in [-0.25, -0.2) is 4.79 Å². The second-order valence-corrected chi connectivity index (χ2v) is 5.00. The number of halogens is 1. The van der Waals surface area contributed by atoms with Gasteiger partial charge >= 0.3 is 6.03 Å². The average molecular weight is 380 g/mol. The Morgan fingerprint density at radius 1 is 1.63 bits per heavy atom. The Hall–Kier alpha value is -0.890. The maximum absolute atomic E-state index is 11.8. The Balaban J connectivity index is 2.04. The first-order chi connectivity index (χ1) is 9.06. The van der Waals surface area contributed by atoms with Crippen LogP contribution < -0.4 is 5.32 Å². The summed E-state index contributed by atoms with van der Waals surface area (Å²) in [6, 6.07) is -0.551. The zero-order valence-corrected chi connectivity index (χ0v) is 12.1. The summed E-state index contributed by atoms with van der Waals surface area (Å²) in [6.45, 7) is 0.321. The molecule has 104 valence electrons. The van der Waals surface area contributed by atoms with E-state index in [0.717, 1.165) is 0 Å². The Bertz CT molecular complexity index is 424. The molecule has 0 aromatic heterocycles. The molecule has 2 rings (SSSR count). The minimum Gasteiger partial charge on any atom is -0.390 e. The van der Waals surface area contributed by atoms with Gasteiger partial charge in [-0.1, -0.05) is 5.92 Å². The van der Waals surface area contributed by atoms with E-state index in [1.54, 1.807) is 23.0 Å². The van der Waals surface area contributed by atoms with Crippen LogP contribution in [-0.2, 0) is 12.6 Å². The highest BCUT2D eigenvalue weighted by Gasteiger charge is 2.42. The molecule has 0 saturated carbocycles. The molecule has 0 radical (unpaired) electrons. The van der Waals surface area contributed by atoms with Gasteiger partial charge in [0.2, 0.25) is 5.91 Å². The Morgan fingerprint density at radius 3 is 3.00 bits per heavy atom. The molecule has 2 aliphatic heterocycles. The van der Waals surface area contributed by atoms with Crippen molar-refractivity contribution in [2.75, 3.05) is 13.2 Å². The van der Waals surface area contributed by atoms with Crippen LogP contribution in [-0.4, -0.2) is 53.5 Å². The summed E-state index contributed by atoms with van der Waals surface area (Å²) in [7, 11) is 0. The number of carbonyl (C=O) groups is 2. The predicted octanol–water partition coefficient (Wildman–Crippen LogP) is -0.370. The van der Waals surface area contributed by atoms with Crippen LogP contribution in [0.2, 0.25) is 0 Å². The molecule has 2 aliphatic rings. The summed E-state index contributed by atoms with van der Waals surface area (Å²) < 4.78 is 10.5. The van der Waals surface area contributed by atoms with E-state index in [2.05, 4.69) is 11.2 Å². The third kappa shape index (κ3) is 3.00. The second-order valence-electron chi connectivity index (χ2n) is 4.37. The predicted molar refractivity (Wildman–Crippen MR) is 71.8 cm³/mol. The lowest BCUT2D eigenvalue weighted by Gasteiger charge is -2.33. The topological polar surface area (TPSA) is 88.1 Å². The van der Waals surface area contributed by atoms with E-state index in [0.29, 0.717) is 0 Å². The van der Waals surface area contributed by atoms with Gasteiger partial charge in [0.1, 0.15) is 41.3 Å². The molecule has 2 heterocycles. The first-order valence-electron chi connectivity index (χ1n) is 5.71. The zero-order chi connectivity index (χ0) is 14.0. The monoisotopic (exact) mass is 380 g/mol. The molecule has 3 amide bonds. The average Bonchev–Trinajstić information content (AvgIpc) is 2.71. The van der Waals surface area contributed by atoms with Crippen LogP contribution in [0, 0.1) is 18.3 Å². The van der Waals surface area contributed by atoms with Crippen LogP contribution in [0.1, 0.15) is 6.42 Å². The van der Waals surface area contributed by atoms with Crippen molar-refractivity contribution in [3.8, 4) is 12.3 Å². The van der Waals surface area contributed by atoms with E-state index < -0.39 is 36.3 Å². The zero-order valence-electron chi connectivity index (χ0n) is 9.91. The number of hydrogen-bond donors (Lipinski definition) is 2.